The van der Waals surface area contributed by atoms with Crippen molar-refractivity contribution in [3.63, 3.8) is 0 Å². The van der Waals surface area contributed by atoms with Crippen molar-refractivity contribution in [3.05, 3.63) is 30.7 Å². The van der Waals surface area contributed by atoms with Crippen molar-refractivity contribution in [2.45, 2.75) is 129 Å². The molecule has 0 heteroatoms. The Kier molecular flexibility index (Phi) is 23.0. The molecule has 0 amide bonds. The molecule has 0 fully saturated rings. The number of hydrogen-bond acceptors (Lipinski definition) is 0. The monoisotopic (exact) mass is 346 g/mol. The highest BCUT2D eigenvalue weighted by atomic mass is 14.0. The zero-order chi connectivity index (χ0) is 18.3. The second-order valence-corrected chi connectivity index (χ2v) is 7.50. The molecule has 0 bridgehead atoms. The molecule has 0 saturated heterocycles. The van der Waals surface area contributed by atoms with Crippen molar-refractivity contribution in [2.24, 2.45) is 0 Å². The quantitative estimate of drug-likeness (QED) is 0.193. The van der Waals surface area contributed by atoms with E-state index in [4.69, 9.17) is 0 Å². The van der Waals surface area contributed by atoms with E-state index in [1.807, 2.05) is 0 Å². The van der Waals surface area contributed by atoms with Crippen LogP contribution in [0.25, 0.3) is 0 Å². The number of rotatable bonds is 20. The molecule has 0 aromatic rings. The average Bonchev–Trinajstić information content (AvgIpc) is 2.63. The van der Waals surface area contributed by atoms with Gasteiger partial charge in [-0.25, -0.2) is 0 Å². The van der Waals surface area contributed by atoms with E-state index in [2.05, 4.69) is 44.6 Å². The topological polar surface area (TPSA) is 0 Å². The maximum Gasteiger partial charge on any atom is 0.0337 e. The molecule has 0 spiro atoms. The van der Waals surface area contributed by atoms with Gasteiger partial charge in [-0.05, 0) is 25.7 Å². The van der Waals surface area contributed by atoms with E-state index in [9.17, 15) is 0 Å². The van der Waals surface area contributed by atoms with Crippen LogP contribution in [0.4, 0.5) is 0 Å². The normalized spacial score (nSPS) is 11.9. The second-order valence-electron chi connectivity index (χ2n) is 7.50. The van der Waals surface area contributed by atoms with Crippen LogP contribution in [0.3, 0.4) is 0 Å². The Labute approximate surface area is 160 Å². The number of allylic oxidation sites excluding steroid dienone is 4. The third-order valence-electron chi connectivity index (χ3n) is 4.88. The molecule has 0 heterocycles. The second kappa shape index (κ2) is 23.5. The lowest BCUT2D eigenvalue weighted by atomic mass is 10.1. The summed E-state index contributed by atoms with van der Waals surface area (Å²) in [5.41, 5.74) is 0. The molecular formula is C25H46. The molecule has 0 aliphatic carbocycles. The lowest BCUT2D eigenvalue weighted by Gasteiger charge is -1.99. The molecule has 0 rings (SSSR count). The molecule has 0 nitrogen and oxygen atoms in total. The number of hydrogen-bond donors (Lipinski definition) is 0. The lowest BCUT2D eigenvalue weighted by molar-refractivity contribution is 0.577. The summed E-state index contributed by atoms with van der Waals surface area (Å²) in [7, 11) is 0. The molecule has 0 aromatic heterocycles. The Morgan fingerprint density at radius 1 is 0.440 bits per heavy atom. The van der Waals surface area contributed by atoms with E-state index in [-0.39, 0.29) is 0 Å². The van der Waals surface area contributed by atoms with E-state index < -0.39 is 0 Å². The minimum atomic E-state index is 1.22. The fourth-order valence-corrected chi connectivity index (χ4v) is 3.15. The van der Waals surface area contributed by atoms with Crippen molar-refractivity contribution in [3.8, 4) is 0 Å². The molecule has 0 aliphatic heterocycles. The summed E-state index contributed by atoms with van der Waals surface area (Å²) in [5, 5.41) is 0. The van der Waals surface area contributed by atoms with Gasteiger partial charge in [0.25, 0.3) is 0 Å². The van der Waals surface area contributed by atoms with Crippen LogP contribution in [-0.2, 0) is 0 Å². The van der Waals surface area contributed by atoms with Crippen LogP contribution in [0.15, 0.2) is 24.3 Å². The van der Waals surface area contributed by atoms with Crippen LogP contribution in [0.1, 0.15) is 129 Å². The Hall–Kier alpha value is -0.520. The molecule has 0 atom stereocenters. The van der Waals surface area contributed by atoms with Gasteiger partial charge in [-0.3, -0.25) is 0 Å². The van der Waals surface area contributed by atoms with Crippen LogP contribution in [-0.4, -0.2) is 0 Å². The number of unbranched alkanes of at least 4 members (excludes halogenated alkanes) is 16. The standard InChI is InChI=1S/C25H46/c1-3-5-7-9-11-13-15-17-19-21-23-25-24-22-20-18-16-14-12-10-8-6-4-2/h21-24H,3-20H2,1-2H3/b23-21+,24-22+. The van der Waals surface area contributed by atoms with E-state index in [0.717, 1.165) is 0 Å². The van der Waals surface area contributed by atoms with Crippen molar-refractivity contribution in [2.75, 3.05) is 0 Å². The van der Waals surface area contributed by atoms with Gasteiger partial charge in [-0.15, -0.1) is 0 Å². The molecule has 2 radical (unpaired) electrons. The first-order valence-electron chi connectivity index (χ1n) is 11.5. The van der Waals surface area contributed by atoms with E-state index in [1.165, 1.54) is 116 Å². The molecule has 0 aliphatic rings. The van der Waals surface area contributed by atoms with Crippen LogP contribution >= 0.6 is 0 Å². The zero-order valence-electron chi connectivity index (χ0n) is 17.5. The lowest BCUT2D eigenvalue weighted by Crippen LogP contribution is -1.80. The van der Waals surface area contributed by atoms with Gasteiger partial charge in [0, 0.05) is 6.42 Å². The summed E-state index contributed by atoms with van der Waals surface area (Å²) < 4.78 is 0. The Morgan fingerprint density at radius 3 is 1.12 bits per heavy atom. The van der Waals surface area contributed by atoms with E-state index >= 15 is 0 Å². The van der Waals surface area contributed by atoms with Gasteiger partial charge in [0.05, 0.1) is 0 Å². The van der Waals surface area contributed by atoms with Gasteiger partial charge in [0.1, 0.15) is 0 Å². The summed E-state index contributed by atoms with van der Waals surface area (Å²) in [4.78, 5) is 0. The van der Waals surface area contributed by atoms with Crippen molar-refractivity contribution >= 4 is 0 Å². The van der Waals surface area contributed by atoms with Gasteiger partial charge >= 0.3 is 0 Å². The van der Waals surface area contributed by atoms with Crippen molar-refractivity contribution < 1.29 is 0 Å². The Bertz CT molecular complexity index is 246. The van der Waals surface area contributed by atoms with Crippen molar-refractivity contribution in [1.29, 1.82) is 0 Å². The fourth-order valence-electron chi connectivity index (χ4n) is 3.15. The van der Waals surface area contributed by atoms with Gasteiger partial charge < -0.3 is 0 Å². The maximum atomic E-state index is 3.27. The Morgan fingerprint density at radius 2 is 0.760 bits per heavy atom. The summed E-state index contributed by atoms with van der Waals surface area (Å²) in [5.74, 6) is 0. The van der Waals surface area contributed by atoms with Crippen LogP contribution in [0, 0.1) is 6.42 Å². The van der Waals surface area contributed by atoms with E-state index in [1.54, 1.807) is 0 Å². The van der Waals surface area contributed by atoms with Crippen LogP contribution < -0.4 is 0 Å². The van der Waals surface area contributed by atoms with Crippen LogP contribution in [0.2, 0.25) is 0 Å². The van der Waals surface area contributed by atoms with Crippen molar-refractivity contribution in [1.82, 2.24) is 0 Å². The predicted octanol–water partition coefficient (Wildman–Crippen LogP) is 9.24. The highest BCUT2D eigenvalue weighted by Gasteiger charge is 1.91. The summed E-state index contributed by atoms with van der Waals surface area (Å²) in [6, 6.07) is 0. The molecule has 0 aromatic carbocycles. The smallest absolute Gasteiger partial charge is 0.0337 e. The first-order chi connectivity index (χ1) is 12.4. The first-order valence-corrected chi connectivity index (χ1v) is 11.5. The minimum Gasteiger partial charge on any atom is -0.0876 e. The van der Waals surface area contributed by atoms with Gasteiger partial charge in [-0.2, -0.15) is 0 Å². The SMILES string of the molecule is CCCCCCCCCC/C=C/[C]/C=C/CCCCCCCCCC. The average molecular weight is 347 g/mol. The fraction of sp³-hybridized carbons (Fsp3) is 0.800. The summed E-state index contributed by atoms with van der Waals surface area (Å²) >= 11 is 0. The predicted molar refractivity (Wildman–Crippen MR) is 116 cm³/mol. The van der Waals surface area contributed by atoms with Gasteiger partial charge in [0.2, 0.25) is 0 Å². The molecule has 0 N–H and O–H groups in total. The first kappa shape index (κ1) is 24.5. The molecule has 146 valence electrons. The highest BCUT2D eigenvalue weighted by molar-refractivity contribution is 5.08. The largest absolute Gasteiger partial charge is 0.0876 e. The summed E-state index contributed by atoms with van der Waals surface area (Å²) in [6.45, 7) is 4.57. The summed E-state index contributed by atoms with van der Waals surface area (Å²) in [6.07, 6.45) is 36.9. The Balaban J connectivity index is 3.14. The van der Waals surface area contributed by atoms with Gasteiger partial charge in [-0.1, -0.05) is 128 Å². The van der Waals surface area contributed by atoms with Crippen LogP contribution in [0.5, 0.6) is 0 Å². The maximum absolute atomic E-state index is 3.27. The molecule has 0 unspecified atom stereocenters. The van der Waals surface area contributed by atoms with E-state index in [0.29, 0.717) is 0 Å². The minimum absolute atomic E-state index is 1.22. The highest BCUT2D eigenvalue weighted by Crippen LogP contribution is 2.11. The molecule has 25 heavy (non-hydrogen) atoms. The molecule has 0 saturated carbocycles. The zero-order valence-corrected chi connectivity index (χ0v) is 17.5. The molecular weight excluding hydrogens is 300 g/mol. The van der Waals surface area contributed by atoms with Gasteiger partial charge in [0.15, 0.2) is 0 Å². The third kappa shape index (κ3) is 23.5. The third-order valence-corrected chi connectivity index (χ3v) is 4.88.